The molecule has 2 nitrogen and oxygen atoms in total. The van der Waals surface area contributed by atoms with Crippen molar-refractivity contribution in [2.24, 2.45) is 34.0 Å². The van der Waals surface area contributed by atoms with Gasteiger partial charge in [0.1, 0.15) is 6.29 Å². The van der Waals surface area contributed by atoms with Crippen LogP contribution in [0.2, 0.25) is 0 Å². The summed E-state index contributed by atoms with van der Waals surface area (Å²) in [5, 5.41) is 10.5. The van der Waals surface area contributed by atoms with E-state index in [0.29, 0.717) is 11.3 Å². The van der Waals surface area contributed by atoms with Gasteiger partial charge in [0.25, 0.3) is 0 Å². The average molecular weight is 302 g/mol. The largest absolute Gasteiger partial charge is 0.392 e. The number of aliphatic hydroxyl groups excluding tert-OH is 1. The molecule has 2 heteroatoms. The number of fused-ring (bicyclic) bond motifs is 3. The minimum absolute atomic E-state index is 0.225. The van der Waals surface area contributed by atoms with Gasteiger partial charge in [-0.1, -0.05) is 26.0 Å². The van der Waals surface area contributed by atoms with Crippen molar-refractivity contribution in [2.45, 2.75) is 71.3 Å². The highest BCUT2D eigenvalue weighted by Gasteiger charge is 2.65. The van der Waals surface area contributed by atoms with Gasteiger partial charge in [-0.15, -0.1) is 0 Å². The van der Waals surface area contributed by atoms with E-state index < -0.39 is 11.5 Å². The van der Waals surface area contributed by atoms with Gasteiger partial charge in [0.05, 0.1) is 11.5 Å². The summed E-state index contributed by atoms with van der Waals surface area (Å²) in [6, 6.07) is 0. The third kappa shape index (κ3) is 1.63. The molecular weight excluding hydrogens is 272 g/mol. The molecule has 0 heterocycles. The Bertz CT molecular complexity index is 526. The molecule has 0 amide bonds. The molecule has 0 saturated heterocycles. The molecular formula is C20H30O2. The zero-order chi connectivity index (χ0) is 15.8. The van der Waals surface area contributed by atoms with Crippen LogP contribution in [0.25, 0.3) is 0 Å². The number of aliphatic hydroxyl groups is 1. The Labute approximate surface area is 134 Å². The van der Waals surface area contributed by atoms with E-state index >= 15 is 0 Å². The van der Waals surface area contributed by atoms with Crippen molar-refractivity contribution < 1.29 is 9.90 Å². The van der Waals surface area contributed by atoms with E-state index in [0.717, 1.165) is 37.4 Å². The summed E-state index contributed by atoms with van der Waals surface area (Å²) in [4.78, 5) is 11.9. The first-order valence-corrected chi connectivity index (χ1v) is 9.18. The Balaban J connectivity index is 1.75. The van der Waals surface area contributed by atoms with Crippen molar-refractivity contribution in [3.63, 3.8) is 0 Å². The van der Waals surface area contributed by atoms with Crippen molar-refractivity contribution >= 4 is 6.29 Å². The summed E-state index contributed by atoms with van der Waals surface area (Å²) in [6.07, 6.45) is 10.0. The highest BCUT2D eigenvalue weighted by molar-refractivity contribution is 5.61. The number of carbonyl (C=O) groups is 1. The predicted octanol–water partition coefficient (Wildman–Crippen LogP) is 4.13. The monoisotopic (exact) mass is 302 g/mol. The van der Waals surface area contributed by atoms with Gasteiger partial charge in [0.15, 0.2) is 0 Å². The second-order valence-electron chi connectivity index (χ2n) is 9.36. The Morgan fingerprint density at radius 1 is 1.14 bits per heavy atom. The Morgan fingerprint density at radius 2 is 1.91 bits per heavy atom. The molecule has 4 rings (SSSR count). The maximum Gasteiger partial charge on any atom is 0.128 e. The summed E-state index contributed by atoms with van der Waals surface area (Å²) in [7, 11) is 0. The summed E-state index contributed by atoms with van der Waals surface area (Å²) in [5.41, 5.74) is 1.65. The summed E-state index contributed by atoms with van der Waals surface area (Å²) >= 11 is 0. The van der Waals surface area contributed by atoms with Gasteiger partial charge in [-0.2, -0.15) is 0 Å². The highest BCUT2D eigenvalue weighted by Crippen LogP contribution is 2.71. The van der Waals surface area contributed by atoms with Crippen molar-refractivity contribution in [3.05, 3.63) is 12.2 Å². The third-order valence-corrected chi connectivity index (χ3v) is 8.55. The van der Waals surface area contributed by atoms with Crippen molar-refractivity contribution in [3.8, 4) is 0 Å². The molecule has 122 valence electrons. The second kappa shape index (κ2) is 4.47. The van der Waals surface area contributed by atoms with Crippen LogP contribution in [0.3, 0.4) is 0 Å². The smallest absolute Gasteiger partial charge is 0.128 e. The number of allylic oxidation sites excluding steroid dienone is 1. The molecule has 22 heavy (non-hydrogen) atoms. The van der Waals surface area contributed by atoms with Gasteiger partial charge in [-0.25, -0.2) is 0 Å². The van der Waals surface area contributed by atoms with E-state index in [1.165, 1.54) is 37.7 Å². The fourth-order valence-corrected chi connectivity index (χ4v) is 7.47. The van der Waals surface area contributed by atoms with Crippen LogP contribution >= 0.6 is 0 Å². The zero-order valence-electron chi connectivity index (χ0n) is 14.1. The standard InChI is InChI=1S/C20H30O2/c1-13-10-20-9-6-15-18(2,16(20)5-4-14(13)11-20)8-7-17(22)19(15,3)12-21/h12,14-17,22H,1,4-11H2,2-3H3/t14-,15-,16-,17+,18+,19-,20+/m0/s1. The van der Waals surface area contributed by atoms with Crippen LogP contribution in [-0.4, -0.2) is 17.5 Å². The van der Waals surface area contributed by atoms with Gasteiger partial charge < -0.3 is 9.90 Å². The number of hydrogen-bond acceptors (Lipinski definition) is 2. The average Bonchev–Trinajstić information content (AvgIpc) is 2.73. The quantitative estimate of drug-likeness (QED) is 0.584. The maximum absolute atomic E-state index is 11.9. The summed E-state index contributed by atoms with van der Waals surface area (Å²) in [5.74, 6) is 1.84. The lowest BCUT2D eigenvalue weighted by molar-refractivity contribution is -0.184. The van der Waals surface area contributed by atoms with E-state index in [1.54, 1.807) is 0 Å². The van der Waals surface area contributed by atoms with E-state index in [9.17, 15) is 9.90 Å². The first kappa shape index (κ1) is 14.9. The topological polar surface area (TPSA) is 37.3 Å². The van der Waals surface area contributed by atoms with Crippen LogP contribution < -0.4 is 0 Å². The Kier molecular flexibility index (Phi) is 3.03. The Hall–Kier alpha value is -0.630. The van der Waals surface area contributed by atoms with Crippen molar-refractivity contribution in [1.82, 2.24) is 0 Å². The molecule has 0 radical (unpaired) electrons. The van der Waals surface area contributed by atoms with Crippen LogP contribution in [0, 0.1) is 34.0 Å². The van der Waals surface area contributed by atoms with Gasteiger partial charge in [0, 0.05) is 0 Å². The molecule has 0 unspecified atom stereocenters. The van der Waals surface area contributed by atoms with Gasteiger partial charge >= 0.3 is 0 Å². The summed E-state index contributed by atoms with van der Waals surface area (Å²) in [6.45, 7) is 8.83. The van der Waals surface area contributed by atoms with Crippen LogP contribution in [0.5, 0.6) is 0 Å². The third-order valence-electron chi connectivity index (χ3n) is 8.55. The molecule has 2 bridgehead atoms. The molecule has 4 saturated carbocycles. The fourth-order valence-electron chi connectivity index (χ4n) is 7.47. The molecule has 0 aromatic rings. The predicted molar refractivity (Wildman–Crippen MR) is 87.3 cm³/mol. The molecule has 1 N–H and O–H groups in total. The lowest BCUT2D eigenvalue weighted by atomic mass is 9.40. The molecule has 4 fully saturated rings. The highest BCUT2D eigenvalue weighted by atomic mass is 16.3. The summed E-state index contributed by atoms with van der Waals surface area (Å²) < 4.78 is 0. The van der Waals surface area contributed by atoms with E-state index in [2.05, 4.69) is 13.5 Å². The van der Waals surface area contributed by atoms with Gasteiger partial charge in [0.2, 0.25) is 0 Å². The van der Waals surface area contributed by atoms with Crippen molar-refractivity contribution in [1.29, 1.82) is 0 Å². The van der Waals surface area contributed by atoms with E-state index in [-0.39, 0.29) is 5.41 Å². The molecule has 7 atom stereocenters. The minimum atomic E-state index is -0.541. The molecule has 4 aliphatic carbocycles. The number of rotatable bonds is 1. The first-order valence-electron chi connectivity index (χ1n) is 9.18. The van der Waals surface area contributed by atoms with E-state index in [4.69, 9.17) is 0 Å². The fraction of sp³-hybridized carbons (Fsp3) is 0.850. The first-order chi connectivity index (χ1) is 10.4. The lowest BCUT2D eigenvalue weighted by Gasteiger charge is -2.64. The van der Waals surface area contributed by atoms with Crippen LogP contribution in [-0.2, 0) is 4.79 Å². The zero-order valence-corrected chi connectivity index (χ0v) is 14.1. The van der Waals surface area contributed by atoms with Crippen LogP contribution in [0.1, 0.15) is 65.2 Å². The molecule has 0 aromatic heterocycles. The molecule has 4 aliphatic rings. The maximum atomic E-state index is 11.9. The minimum Gasteiger partial charge on any atom is -0.392 e. The molecule has 0 aromatic carbocycles. The van der Waals surface area contributed by atoms with Crippen LogP contribution in [0.4, 0.5) is 0 Å². The lowest BCUT2D eigenvalue weighted by Crippen LogP contribution is -2.60. The second-order valence-corrected chi connectivity index (χ2v) is 9.36. The normalized spacial score (nSPS) is 57.1. The van der Waals surface area contributed by atoms with E-state index in [1.807, 2.05) is 6.92 Å². The van der Waals surface area contributed by atoms with Crippen molar-refractivity contribution in [2.75, 3.05) is 0 Å². The molecule has 1 spiro atoms. The number of hydrogen-bond donors (Lipinski definition) is 1. The SMILES string of the molecule is C=C1C[C@@]23CC[C@@H]4[C@](C)(C=O)[C@H](O)CC[C@@]4(C)[C@@H]2CC[C@H]1C3. The Morgan fingerprint density at radius 3 is 2.64 bits per heavy atom. The molecule has 0 aliphatic heterocycles. The van der Waals surface area contributed by atoms with Gasteiger partial charge in [-0.05, 0) is 80.0 Å². The van der Waals surface area contributed by atoms with Gasteiger partial charge in [-0.3, -0.25) is 0 Å². The number of carbonyl (C=O) groups excluding carboxylic acids is 1. The van der Waals surface area contributed by atoms with Crippen LogP contribution in [0.15, 0.2) is 12.2 Å². The number of aldehydes is 1.